The Morgan fingerprint density at radius 1 is 1.60 bits per heavy atom. The molecular weight excluding hydrogens is 188 g/mol. The van der Waals surface area contributed by atoms with Crippen molar-refractivity contribution in [1.82, 2.24) is 0 Å². The quantitative estimate of drug-likeness (QED) is 0.807. The summed E-state index contributed by atoms with van der Waals surface area (Å²) in [6.45, 7) is 1.88. The molecule has 0 aliphatic carbocycles. The Morgan fingerprint density at radius 2 is 2.33 bits per heavy atom. The number of primary amides is 1. The number of nitriles is 1. The third-order valence-corrected chi connectivity index (χ3v) is 2.11. The maximum Gasteiger partial charge on any atom is 0.221 e. The average Bonchev–Trinajstić information content (AvgIpc) is 2.20. The van der Waals surface area contributed by atoms with Crippen molar-refractivity contribution < 1.29 is 4.79 Å². The number of nitrogens with zero attached hydrogens (tertiary/aromatic N) is 1. The van der Waals surface area contributed by atoms with E-state index in [-0.39, 0.29) is 12.3 Å². The highest BCUT2D eigenvalue weighted by molar-refractivity contribution is 5.76. The maximum atomic E-state index is 10.5. The van der Waals surface area contributed by atoms with Gasteiger partial charge in [-0.3, -0.25) is 4.79 Å². The topological polar surface area (TPSA) is 66.9 Å². The van der Waals surface area contributed by atoms with Crippen LogP contribution in [0.3, 0.4) is 0 Å². The molecule has 0 aliphatic heterocycles. The predicted molar refractivity (Wildman–Crippen MR) is 58.7 cm³/mol. The molecule has 0 saturated heterocycles. The first-order valence-electron chi connectivity index (χ1n) is 4.59. The summed E-state index contributed by atoms with van der Waals surface area (Å²) < 4.78 is 0. The lowest BCUT2D eigenvalue weighted by Crippen LogP contribution is -2.07. The van der Waals surface area contributed by atoms with Crippen LogP contribution in [0.25, 0.3) is 6.08 Å². The van der Waals surface area contributed by atoms with Crippen molar-refractivity contribution in [2.45, 2.75) is 13.3 Å². The summed E-state index contributed by atoms with van der Waals surface area (Å²) in [4.78, 5) is 10.5. The minimum atomic E-state index is -0.361. The monoisotopic (exact) mass is 200 g/mol. The van der Waals surface area contributed by atoms with Gasteiger partial charge in [0.2, 0.25) is 5.91 Å². The lowest BCUT2D eigenvalue weighted by molar-refractivity contribution is -0.117. The number of benzene rings is 1. The average molecular weight is 200 g/mol. The molecule has 0 atom stereocenters. The highest BCUT2D eigenvalue weighted by atomic mass is 16.1. The van der Waals surface area contributed by atoms with Crippen LogP contribution in [-0.4, -0.2) is 5.91 Å². The summed E-state index contributed by atoms with van der Waals surface area (Å²) in [7, 11) is 0. The van der Waals surface area contributed by atoms with Crippen LogP contribution in [0.4, 0.5) is 0 Å². The Balaban J connectivity index is 2.92. The van der Waals surface area contributed by atoms with E-state index in [1.54, 1.807) is 18.2 Å². The van der Waals surface area contributed by atoms with E-state index in [9.17, 15) is 4.79 Å². The number of carbonyl (C=O) groups excluding carboxylic acids is 1. The van der Waals surface area contributed by atoms with Gasteiger partial charge in [0.05, 0.1) is 11.6 Å². The molecule has 0 fully saturated rings. The number of hydrogen-bond acceptors (Lipinski definition) is 2. The van der Waals surface area contributed by atoms with Crippen LogP contribution in [0, 0.1) is 18.3 Å². The van der Waals surface area contributed by atoms with Gasteiger partial charge in [0.1, 0.15) is 0 Å². The van der Waals surface area contributed by atoms with Crippen LogP contribution < -0.4 is 5.73 Å². The molecule has 0 aromatic heterocycles. The molecule has 0 saturated carbocycles. The van der Waals surface area contributed by atoms with Crippen LogP contribution in [0.1, 0.15) is 23.1 Å². The van der Waals surface area contributed by atoms with Gasteiger partial charge in [0, 0.05) is 6.42 Å². The second-order valence-electron chi connectivity index (χ2n) is 3.20. The van der Waals surface area contributed by atoms with E-state index in [2.05, 4.69) is 6.07 Å². The van der Waals surface area contributed by atoms with E-state index in [0.717, 1.165) is 11.1 Å². The Hall–Kier alpha value is -2.08. The molecule has 0 heterocycles. The van der Waals surface area contributed by atoms with E-state index in [1.807, 2.05) is 19.1 Å². The van der Waals surface area contributed by atoms with Crippen molar-refractivity contribution >= 4 is 12.0 Å². The van der Waals surface area contributed by atoms with Crippen molar-refractivity contribution in [2.24, 2.45) is 5.73 Å². The Morgan fingerprint density at radius 3 is 2.93 bits per heavy atom. The second kappa shape index (κ2) is 4.97. The Kier molecular flexibility index (Phi) is 3.64. The predicted octanol–water partition coefficient (Wildman–Crippen LogP) is 1.76. The molecule has 1 aromatic carbocycles. The smallest absolute Gasteiger partial charge is 0.221 e. The molecule has 3 heteroatoms. The van der Waals surface area contributed by atoms with Gasteiger partial charge >= 0.3 is 0 Å². The van der Waals surface area contributed by atoms with Gasteiger partial charge in [-0.1, -0.05) is 24.3 Å². The van der Waals surface area contributed by atoms with Crippen LogP contribution in [0.2, 0.25) is 0 Å². The van der Waals surface area contributed by atoms with Gasteiger partial charge < -0.3 is 5.73 Å². The van der Waals surface area contributed by atoms with E-state index >= 15 is 0 Å². The molecule has 1 aromatic rings. The number of hydrogen-bond donors (Lipinski definition) is 1. The number of nitrogens with two attached hydrogens (primary N) is 1. The zero-order valence-electron chi connectivity index (χ0n) is 8.53. The van der Waals surface area contributed by atoms with Crippen LogP contribution >= 0.6 is 0 Å². The summed E-state index contributed by atoms with van der Waals surface area (Å²) >= 11 is 0. The van der Waals surface area contributed by atoms with Crippen molar-refractivity contribution in [1.29, 1.82) is 5.26 Å². The third-order valence-electron chi connectivity index (χ3n) is 2.11. The summed E-state index contributed by atoms with van der Waals surface area (Å²) in [5.41, 5.74) is 7.51. The summed E-state index contributed by atoms with van der Waals surface area (Å²) in [5, 5.41) is 8.81. The van der Waals surface area contributed by atoms with Crippen LogP contribution in [0.5, 0.6) is 0 Å². The van der Waals surface area contributed by atoms with Gasteiger partial charge in [-0.25, -0.2) is 0 Å². The van der Waals surface area contributed by atoms with Gasteiger partial charge in [0.25, 0.3) is 0 Å². The molecule has 76 valence electrons. The Labute approximate surface area is 88.8 Å². The van der Waals surface area contributed by atoms with Crippen molar-refractivity contribution in [2.75, 3.05) is 0 Å². The van der Waals surface area contributed by atoms with Crippen molar-refractivity contribution in [3.05, 3.63) is 41.0 Å². The molecule has 0 spiro atoms. The molecule has 0 bridgehead atoms. The normalized spacial score (nSPS) is 10.1. The molecular formula is C12H12N2O. The fraction of sp³-hybridized carbons (Fsp3) is 0.167. The lowest BCUT2D eigenvalue weighted by Gasteiger charge is -2.01. The molecule has 0 radical (unpaired) electrons. The van der Waals surface area contributed by atoms with E-state index < -0.39 is 0 Å². The van der Waals surface area contributed by atoms with Gasteiger partial charge in [-0.15, -0.1) is 0 Å². The molecule has 0 aliphatic rings. The highest BCUT2D eigenvalue weighted by Crippen LogP contribution is 2.14. The molecule has 3 nitrogen and oxygen atoms in total. The van der Waals surface area contributed by atoms with E-state index in [1.165, 1.54) is 0 Å². The number of rotatable bonds is 3. The first kappa shape index (κ1) is 11.0. The number of amides is 1. The van der Waals surface area contributed by atoms with Gasteiger partial charge in [-0.2, -0.15) is 5.26 Å². The maximum absolute atomic E-state index is 10.5. The summed E-state index contributed by atoms with van der Waals surface area (Å²) in [6.07, 6.45) is 3.73. The molecule has 1 amide bonds. The molecule has 2 N–H and O–H groups in total. The zero-order valence-corrected chi connectivity index (χ0v) is 8.53. The fourth-order valence-corrected chi connectivity index (χ4v) is 1.26. The van der Waals surface area contributed by atoms with Gasteiger partial charge in [-0.05, 0) is 24.1 Å². The number of carbonyl (C=O) groups is 1. The Bertz CT molecular complexity index is 441. The van der Waals surface area contributed by atoms with Crippen molar-refractivity contribution in [3.63, 3.8) is 0 Å². The largest absolute Gasteiger partial charge is 0.369 e. The van der Waals surface area contributed by atoms with Crippen LogP contribution in [0.15, 0.2) is 24.3 Å². The summed E-state index contributed by atoms with van der Waals surface area (Å²) in [5.74, 6) is -0.361. The third kappa shape index (κ3) is 2.96. The summed E-state index contributed by atoms with van der Waals surface area (Å²) in [6, 6.07) is 7.59. The van der Waals surface area contributed by atoms with E-state index in [4.69, 9.17) is 11.0 Å². The first-order valence-corrected chi connectivity index (χ1v) is 4.59. The molecule has 15 heavy (non-hydrogen) atoms. The fourth-order valence-electron chi connectivity index (χ4n) is 1.26. The molecule has 1 rings (SSSR count). The minimum absolute atomic E-state index is 0.218. The minimum Gasteiger partial charge on any atom is -0.369 e. The highest BCUT2D eigenvalue weighted by Gasteiger charge is 1.99. The second-order valence-corrected chi connectivity index (χ2v) is 3.20. The first-order chi connectivity index (χ1) is 7.15. The SMILES string of the molecule is Cc1c(C#N)cccc1C=CCC(N)=O. The van der Waals surface area contributed by atoms with Crippen LogP contribution in [-0.2, 0) is 4.79 Å². The molecule has 0 unspecified atom stereocenters. The van der Waals surface area contributed by atoms with Crippen molar-refractivity contribution in [3.8, 4) is 6.07 Å². The van der Waals surface area contributed by atoms with E-state index in [0.29, 0.717) is 5.56 Å². The van der Waals surface area contributed by atoms with Gasteiger partial charge in [0.15, 0.2) is 0 Å². The lowest BCUT2D eigenvalue weighted by atomic mass is 10.0. The standard InChI is InChI=1S/C12H12N2O/c1-9-10(5-3-7-12(14)15)4-2-6-11(9)8-13/h2-6H,7H2,1H3,(H2,14,15). The zero-order chi connectivity index (χ0) is 11.3.